The summed E-state index contributed by atoms with van der Waals surface area (Å²) < 4.78 is 49.3. The SMILES string of the molecule is C=C(C)O[C@@H]1CNCC[C@H]1Oc1cccc(C(F)(F)F)c1. The van der Waals surface area contributed by atoms with Crippen LogP contribution in [0, 0.1) is 0 Å². The zero-order valence-corrected chi connectivity index (χ0v) is 11.7. The van der Waals surface area contributed by atoms with Crippen molar-refractivity contribution in [1.29, 1.82) is 0 Å². The van der Waals surface area contributed by atoms with Crippen molar-refractivity contribution in [2.45, 2.75) is 31.7 Å². The van der Waals surface area contributed by atoms with Crippen molar-refractivity contribution in [3.8, 4) is 5.75 Å². The molecule has 1 aliphatic heterocycles. The van der Waals surface area contributed by atoms with Gasteiger partial charge in [-0.3, -0.25) is 0 Å². The first-order chi connectivity index (χ1) is 9.86. The molecule has 0 radical (unpaired) electrons. The Morgan fingerprint density at radius 1 is 1.33 bits per heavy atom. The largest absolute Gasteiger partial charge is 0.490 e. The van der Waals surface area contributed by atoms with Crippen LogP contribution in [0.5, 0.6) is 5.75 Å². The smallest absolute Gasteiger partial charge is 0.416 e. The molecular formula is C15H18F3NO2. The molecule has 1 N–H and O–H groups in total. The van der Waals surface area contributed by atoms with E-state index >= 15 is 0 Å². The predicted molar refractivity (Wildman–Crippen MR) is 73.0 cm³/mol. The molecule has 0 saturated carbocycles. The van der Waals surface area contributed by atoms with E-state index in [-0.39, 0.29) is 18.0 Å². The lowest BCUT2D eigenvalue weighted by atomic mass is 10.1. The number of nitrogens with one attached hydrogen (secondary N) is 1. The van der Waals surface area contributed by atoms with Crippen LogP contribution < -0.4 is 10.1 Å². The van der Waals surface area contributed by atoms with Crippen molar-refractivity contribution < 1.29 is 22.6 Å². The lowest BCUT2D eigenvalue weighted by Crippen LogP contribution is -2.48. The first-order valence-electron chi connectivity index (χ1n) is 6.73. The van der Waals surface area contributed by atoms with Crippen LogP contribution in [0.1, 0.15) is 18.9 Å². The minimum atomic E-state index is -4.37. The second-order valence-corrected chi connectivity index (χ2v) is 5.03. The first-order valence-corrected chi connectivity index (χ1v) is 6.73. The van der Waals surface area contributed by atoms with Crippen LogP contribution in [0.3, 0.4) is 0 Å². The van der Waals surface area contributed by atoms with Gasteiger partial charge in [-0.2, -0.15) is 13.2 Å². The molecule has 1 fully saturated rings. The third-order valence-corrected chi connectivity index (χ3v) is 3.17. The molecule has 3 nitrogen and oxygen atoms in total. The number of hydrogen-bond acceptors (Lipinski definition) is 3. The molecule has 1 aromatic carbocycles. The van der Waals surface area contributed by atoms with Crippen molar-refractivity contribution in [2.75, 3.05) is 13.1 Å². The van der Waals surface area contributed by atoms with E-state index in [9.17, 15) is 13.2 Å². The van der Waals surface area contributed by atoms with E-state index in [0.717, 1.165) is 18.7 Å². The summed E-state index contributed by atoms with van der Waals surface area (Å²) >= 11 is 0. The van der Waals surface area contributed by atoms with Gasteiger partial charge in [-0.25, -0.2) is 0 Å². The van der Waals surface area contributed by atoms with Gasteiger partial charge in [0.15, 0.2) is 0 Å². The summed E-state index contributed by atoms with van der Waals surface area (Å²) in [5.41, 5.74) is -0.716. The summed E-state index contributed by atoms with van der Waals surface area (Å²) in [7, 11) is 0. The third-order valence-electron chi connectivity index (χ3n) is 3.17. The Morgan fingerprint density at radius 3 is 2.76 bits per heavy atom. The van der Waals surface area contributed by atoms with Crippen molar-refractivity contribution in [2.24, 2.45) is 0 Å². The van der Waals surface area contributed by atoms with Crippen LogP contribution in [0.25, 0.3) is 0 Å². The molecule has 0 aromatic heterocycles. The lowest BCUT2D eigenvalue weighted by Gasteiger charge is -2.32. The third kappa shape index (κ3) is 4.39. The van der Waals surface area contributed by atoms with Crippen molar-refractivity contribution in [3.63, 3.8) is 0 Å². The highest BCUT2D eigenvalue weighted by Gasteiger charge is 2.32. The second-order valence-electron chi connectivity index (χ2n) is 5.03. The summed E-state index contributed by atoms with van der Waals surface area (Å²) in [6.07, 6.45) is -4.27. The highest BCUT2D eigenvalue weighted by molar-refractivity contribution is 5.30. The fourth-order valence-electron chi connectivity index (χ4n) is 2.24. The van der Waals surface area contributed by atoms with E-state index in [1.165, 1.54) is 12.1 Å². The maximum atomic E-state index is 12.7. The molecule has 1 saturated heterocycles. The van der Waals surface area contributed by atoms with Crippen molar-refractivity contribution in [3.05, 3.63) is 42.2 Å². The average Bonchev–Trinajstić information content (AvgIpc) is 2.40. The molecule has 2 atom stereocenters. The van der Waals surface area contributed by atoms with Gasteiger partial charge in [-0.15, -0.1) is 0 Å². The van der Waals surface area contributed by atoms with E-state index in [1.807, 2.05) is 0 Å². The number of hydrogen-bond donors (Lipinski definition) is 1. The predicted octanol–water partition coefficient (Wildman–Crippen LogP) is 3.36. The van der Waals surface area contributed by atoms with Gasteiger partial charge in [0.1, 0.15) is 18.0 Å². The molecule has 0 aliphatic carbocycles. The minimum Gasteiger partial charge on any atom is -0.490 e. The van der Waals surface area contributed by atoms with Crippen LogP contribution in [0.2, 0.25) is 0 Å². The Hall–Kier alpha value is -1.69. The number of ether oxygens (including phenoxy) is 2. The molecule has 21 heavy (non-hydrogen) atoms. The maximum Gasteiger partial charge on any atom is 0.416 e. The van der Waals surface area contributed by atoms with Crippen LogP contribution >= 0.6 is 0 Å². The van der Waals surface area contributed by atoms with Gasteiger partial charge in [0.25, 0.3) is 0 Å². The average molecular weight is 301 g/mol. The van der Waals surface area contributed by atoms with E-state index in [4.69, 9.17) is 9.47 Å². The number of alkyl halides is 3. The molecule has 0 spiro atoms. The highest BCUT2D eigenvalue weighted by Crippen LogP contribution is 2.32. The maximum absolute atomic E-state index is 12.7. The molecule has 0 amide bonds. The Balaban J connectivity index is 2.10. The quantitative estimate of drug-likeness (QED) is 0.865. The van der Waals surface area contributed by atoms with Crippen molar-refractivity contribution in [1.82, 2.24) is 5.32 Å². The van der Waals surface area contributed by atoms with E-state index in [0.29, 0.717) is 18.7 Å². The van der Waals surface area contributed by atoms with Crippen LogP contribution in [-0.4, -0.2) is 25.3 Å². The number of benzene rings is 1. The van der Waals surface area contributed by atoms with Gasteiger partial charge < -0.3 is 14.8 Å². The summed E-state index contributed by atoms with van der Waals surface area (Å²) in [5.74, 6) is 0.758. The normalized spacial score (nSPS) is 22.7. The molecule has 6 heteroatoms. The molecule has 1 aromatic rings. The lowest BCUT2D eigenvalue weighted by molar-refractivity contribution is -0.137. The molecule has 0 unspecified atom stereocenters. The van der Waals surface area contributed by atoms with Crippen LogP contribution in [-0.2, 0) is 10.9 Å². The van der Waals surface area contributed by atoms with Crippen molar-refractivity contribution >= 4 is 0 Å². The summed E-state index contributed by atoms with van der Waals surface area (Å²) in [6, 6.07) is 4.90. The van der Waals surface area contributed by atoms with Gasteiger partial charge in [-0.1, -0.05) is 12.6 Å². The topological polar surface area (TPSA) is 30.5 Å². The second kappa shape index (κ2) is 6.39. The Morgan fingerprint density at radius 2 is 2.10 bits per heavy atom. The summed E-state index contributed by atoms with van der Waals surface area (Å²) in [6.45, 7) is 6.73. The van der Waals surface area contributed by atoms with E-state index in [1.54, 1.807) is 6.92 Å². The van der Waals surface area contributed by atoms with Gasteiger partial charge >= 0.3 is 6.18 Å². The fraction of sp³-hybridized carbons (Fsp3) is 0.467. The van der Waals surface area contributed by atoms with Crippen LogP contribution in [0.15, 0.2) is 36.6 Å². The zero-order chi connectivity index (χ0) is 15.5. The Kier molecular flexibility index (Phi) is 4.77. The molecule has 1 aliphatic rings. The minimum absolute atomic E-state index is 0.201. The van der Waals surface area contributed by atoms with Gasteiger partial charge in [-0.05, 0) is 31.7 Å². The number of halogens is 3. The van der Waals surface area contributed by atoms with Gasteiger partial charge in [0.05, 0.1) is 11.3 Å². The molecular weight excluding hydrogens is 283 g/mol. The fourth-order valence-corrected chi connectivity index (χ4v) is 2.24. The standard InChI is InChI=1S/C15H18F3NO2/c1-10(2)20-14-9-19-7-6-13(14)21-12-5-3-4-11(8-12)15(16,17)18/h3-5,8,13-14,19H,1,6-7,9H2,2H3/t13-,14-/m1/s1. The summed E-state index contributed by atoms with van der Waals surface area (Å²) in [5, 5.41) is 3.17. The Bertz CT molecular complexity index is 502. The molecule has 1 heterocycles. The monoisotopic (exact) mass is 301 g/mol. The number of piperidine rings is 1. The molecule has 0 bridgehead atoms. The number of rotatable bonds is 4. The van der Waals surface area contributed by atoms with Gasteiger partial charge in [0, 0.05) is 13.0 Å². The molecule has 116 valence electrons. The van der Waals surface area contributed by atoms with Crippen LogP contribution in [0.4, 0.5) is 13.2 Å². The van der Waals surface area contributed by atoms with Gasteiger partial charge in [0.2, 0.25) is 0 Å². The highest BCUT2D eigenvalue weighted by atomic mass is 19.4. The number of allylic oxidation sites excluding steroid dienone is 1. The first kappa shape index (κ1) is 15.7. The van der Waals surface area contributed by atoms with E-state index in [2.05, 4.69) is 11.9 Å². The molecule has 2 rings (SSSR count). The Labute approximate surface area is 121 Å². The summed E-state index contributed by atoms with van der Waals surface area (Å²) in [4.78, 5) is 0. The van der Waals surface area contributed by atoms with E-state index < -0.39 is 11.7 Å². The zero-order valence-electron chi connectivity index (χ0n) is 11.7.